The summed E-state index contributed by atoms with van der Waals surface area (Å²) in [6, 6.07) is 0. The summed E-state index contributed by atoms with van der Waals surface area (Å²) in [5.74, 6) is -0.405. The summed E-state index contributed by atoms with van der Waals surface area (Å²) >= 11 is 0. The van der Waals surface area contributed by atoms with Crippen molar-refractivity contribution in [3.63, 3.8) is 0 Å². The largest absolute Gasteiger partial charge is 0.383 e. The minimum Gasteiger partial charge on any atom is -0.383 e. The van der Waals surface area contributed by atoms with Gasteiger partial charge in [-0.25, -0.2) is 22.0 Å². The molecule has 0 spiro atoms. The smallest absolute Gasteiger partial charge is 0.273 e. The van der Waals surface area contributed by atoms with Gasteiger partial charge < -0.3 is 4.74 Å². The summed E-state index contributed by atoms with van der Waals surface area (Å²) in [7, 11) is -5.99. The summed E-state index contributed by atoms with van der Waals surface area (Å²) in [5, 5.41) is 11.4. The Morgan fingerprint density at radius 3 is 2.33 bits per heavy atom. The molecule has 0 aliphatic heterocycles. The van der Waals surface area contributed by atoms with Crippen molar-refractivity contribution in [1.29, 1.82) is 0 Å². The fourth-order valence-electron chi connectivity index (χ4n) is 1.28. The predicted molar refractivity (Wildman–Crippen MR) is 61.8 cm³/mol. The van der Waals surface area contributed by atoms with E-state index in [1.165, 1.54) is 7.11 Å². The number of aromatic nitrogens is 3. The van der Waals surface area contributed by atoms with Gasteiger partial charge in [0.1, 0.15) is 11.6 Å². The normalized spacial score (nSPS) is 12.8. The second-order valence-corrected chi connectivity index (χ2v) is 7.25. The molecule has 1 aromatic rings. The molecule has 0 aromatic carbocycles. The molecule has 0 saturated heterocycles. The highest BCUT2D eigenvalue weighted by molar-refractivity contribution is 7.90. The number of ether oxygens (including phenoxy) is 1. The fourth-order valence-corrected chi connectivity index (χ4v) is 2.62. The van der Waals surface area contributed by atoms with E-state index in [1.54, 1.807) is 0 Å². The Labute approximate surface area is 105 Å². The van der Waals surface area contributed by atoms with Gasteiger partial charge in [0.2, 0.25) is 0 Å². The fraction of sp³-hybridized carbons (Fsp3) is 0.714. The summed E-state index contributed by atoms with van der Waals surface area (Å²) in [5.41, 5.74) is 0. The van der Waals surface area contributed by atoms with Gasteiger partial charge in [-0.2, -0.15) is 0 Å². The number of rotatable bonds is 6. The molecule has 0 bridgehead atoms. The van der Waals surface area contributed by atoms with Crippen LogP contribution in [-0.4, -0.2) is 51.6 Å². The van der Waals surface area contributed by atoms with Gasteiger partial charge in [-0.3, -0.25) is 4.57 Å². The Morgan fingerprint density at radius 1 is 1.28 bits per heavy atom. The van der Waals surface area contributed by atoms with Gasteiger partial charge in [-0.15, -0.1) is 10.2 Å². The number of methoxy groups -OCH3 is 1. The Kier molecular flexibility index (Phi) is 4.42. The van der Waals surface area contributed by atoms with E-state index in [2.05, 4.69) is 10.2 Å². The maximum absolute atomic E-state index is 11.3. The third-order valence-corrected chi connectivity index (χ3v) is 3.55. The molecule has 0 fully saturated rings. The van der Waals surface area contributed by atoms with Crippen LogP contribution in [0.2, 0.25) is 0 Å². The Balaban J connectivity index is 3.24. The molecule has 2 N–H and O–H groups in total. The van der Waals surface area contributed by atoms with E-state index >= 15 is 0 Å². The lowest BCUT2D eigenvalue weighted by molar-refractivity contribution is 0.183. The molecular formula is C7H14N4O5S2. The molecule has 0 aliphatic carbocycles. The van der Waals surface area contributed by atoms with Gasteiger partial charge in [0.05, 0.1) is 13.2 Å². The van der Waals surface area contributed by atoms with Crippen LogP contribution < -0.4 is 5.14 Å². The first-order chi connectivity index (χ1) is 8.15. The van der Waals surface area contributed by atoms with Gasteiger partial charge in [0.15, 0.2) is 9.84 Å². The van der Waals surface area contributed by atoms with Crippen molar-refractivity contribution in [3.05, 3.63) is 5.82 Å². The number of hydrogen-bond donors (Lipinski definition) is 1. The quantitative estimate of drug-likeness (QED) is 0.649. The molecule has 0 atom stereocenters. The molecule has 11 heteroatoms. The van der Waals surface area contributed by atoms with Gasteiger partial charge >= 0.3 is 0 Å². The topological polar surface area (TPSA) is 134 Å². The number of hydrogen-bond acceptors (Lipinski definition) is 7. The zero-order chi connectivity index (χ0) is 14.0. The van der Waals surface area contributed by atoms with Crippen molar-refractivity contribution in [3.8, 4) is 0 Å². The summed E-state index contributed by atoms with van der Waals surface area (Å²) in [6.07, 6.45) is 1.01. The van der Waals surface area contributed by atoms with Crippen LogP contribution in [0.4, 0.5) is 0 Å². The number of primary sulfonamides is 1. The van der Waals surface area contributed by atoms with Crippen LogP contribution in [0.15, 0.2) is 5.16 Å². The predicted octanol–water partition coefficient (Wildman–Crippen LogP) is -1.88. The second kappa shape index (κ2) is 5.30. The van der Waals surface area contributed by atoms with Gasteiger partial charge in [0.25, 0.3) is 15.2 Å². The molecule has 1 aromatic heterocycles. The van der Waals surface area contributed by atoms with Crippen molar-refractivity contribution >= 4 is 19.9 Å². The molecule has 0 aliphatic rings. The Bertz CT molecular complexity index is 618. The monoisotopic (exact) mass is 298 g/mol. The number of sulfone groups is 1. The summed E-state index contributed by atoms with van der Waals surface area (Å²) < 4.78 is 50.8. The van der Waals surface area contributed by atoms with Crippen LogP contribution in [0.25, 0.3) is 0 Å². The lowest BCUT2D eigenvalue weighted by Gasteiger charge is -2.07. The first-order valence-corrected chi connectivity index (χ1v) is 8.37. The van der Waals surface area contributed by atoms with Crippen molar-refractivity contribution in [2.75, 3.05) is 20.0 Å². The van der Waals surface area contributed by atoms with Crippen LogP contribution in [0.5, 0.6) is 0 Å². The van der Waals surface area contributed by atoms with Crippen LogP contribution in [-0.2, 0) is 36.9 Å². The summed E-state index contributed by atoms with van der Waals surface area (Å²) in [4.78, 5) is 0. The second-order valence-electron chi connectivity index (χ2n) is 3.66. The maximum Gasteiger partial charge on any atom is 0.273 e. The summed E-state index contributed by atoms with van der Waals surface area (Å²) in [6.45, 7) is 0.275. The minimum absolute atomic E-state index is 0.0126. The zero-order valence-corrected chi connectivity index (χ0v) is 11.5. The van der Waals surface area contributed by atoms with E-state index < -0.39 is 30.8 Å². The Morgan fingerprint density at radius 2 is 1.89 bits per heavy atom. The van der Waals surface area contributed by atoms with E-state index in [0.717, 1.165) is 10.8 Å². The zero-order valence-electron chi connectivity index (χ0n) is 9.90. The highest BCUT2D eigenvalue weighted by atomic mass is 32.2. The SMILES string of the molecule is COCCn1c(CS(C)(=O)=O)nnc1S(N)(=O)=O. The average Bonchev–Trinajstić information content (AvgIpc) is 2.54. The number of nitrogens with zero attached hydrogens (tertiary/aromatic N) is 3. The van der Waals surface area contributed by atoms with Gasteiger partial charge in [0, 0.05) is 13.4 Å². The standard InChI is InChI=1S/C7H14N4O5S2/c1-16-4-3-11-6(5-17(2,12)13)9-10-7(11)18(8,14)15/h3-5H2,1-2H3,(H2,8,14,15). The lowest BCUT2D eigenvalue weighted by atomic mass is 10.6. The van der Waals surface area contributed by atoms with E-state index in [9.17, 15) is 16.8 Å². The third kappa shape index (κ3) is 4.01. The highest BCUT2D eigenvalue weighted by Gasteiger charge is 2.22. The Hall–Kier alpha value is -1.04. The molecule has 104 valence electrons. The van der Waals surface area contributed by atoms with E-state index in [1.807, 2.05) is 0 Å². The molecule has 1 heterocycles. The molecule has 18 heavy (non-hydrogen) atoms. The van der Waals surface area contributed by atoms with Crippen molar-refractivity contribution in [1.82, 2.24) is 14.8 Å². The molecule has 9 nitrogen and oxygen atoms in total. The maximum atomic E-state index is 11.3. The van der Waals surface area contributed by atoms with Crippen LogP contribution >= 0.6 is 0 Å². The van der Waals surface area contributed by atoms with Crippen LogP contribution in [0.1, 0.15) is 5.82 Å². The van der Waals surface area contributed by atoms with E-state index in [0.29, 0.717) is 0 Å². The first-order valence-electron chi connectivity index (χ1n) is 4.76. The third-order valence-electron chi connectivity index (χ3n) is 1.96. The van der Waals surface area contributed by atoms with Crippen molar-refractivity contribution < 1.29 is 21.6 Å². The molecule has 1 rings (SSSR count). The highest BCUT2D eigenvalue weighted by Crippen LogP contribution is 2.09. The molecule has 0 amide bonds. The van der Waals surface area contributed by atoms with Crippen LogP contribution in [0.3, 0.4) is 0 Å². The first kappa shape index (κ1) is 15.0. The molecule has 0 radical (unpaired) electrons. The van der Waals surface area contributed by atoms with Crippen LogP contribution in [0, 0.1) is 0 Å². The van der Waals surface area contributed by atoms with Gasteiger partial charge in [-0.1, -0.05) is 0 Å². The molecule has 0 unspecified atom stereocenters. The lowest BCUT2D eigenvalue weighted by Crippen LogP contribution is -2.21. The van der Waals surface area contributed by atoms with E-state index in [4.69, 9.17) is 9.88 Å². The van der Waals surface area contributed by atoms with Crippen molar-refractivity contribution in [2.24, 2.45) is 5.14 Å². The van der Waals surface area contributed by atoms with E-state index in [-0.39, 0.29) is 19.0 Å². The molecule has 0 saturated carbocycles. The van der Waals surface area contributed by atoms with Gasteiger partial charge in [-0.05, 0) is 0 Å². The average molecular weight is 298 g/mol. The number of nitrogens with two attached hydrogens (primary N) is 1. The minimum atomic E-state index is -4.06. The number of sulfonamides is 1. The molecular weight excluding hydrogens is 284 g/mol. The van der Waals surface area contributed by atoms with Crippen molar-refractivity contribution in [2.45, 2.75) is 17.5 Å².